The summed E-state index contributed by atoms with van der Waals surface area (Å²) in [6, 6.07) is 5.39. The summed E-state index contributed by atoms with van der Waals surface area (Å²) in [5, 5.41) is 6.46. The number of hydrogen-bond acceptors (Lipinski definition) is 5. The van der Waals surface area contributed by atoms with Crippen LogP contribution in [0.15, 0.2) is 29.6 Å². The normalized spacial score (nSPS) is 14.2. The van der Waals surface area contributed by atoms with Crippen molar-refractivity contribution in [1.29, 1.82) is 0 Å². The number of thiophene rings is 1. The van der Waals surface area contributed by atoms with Crippen molar-refractivity contribution in [3.8, 4) is 0 Å². The lowest BCUT2D eigenvalue weighted by atomic mass is 9.97. The van der Waals surface area contributed by atoms with Crippen LogP contribution in [0.2, 0.25) is 10.0 Å². The average molecular weight is 377 g/mol. The predicted octanol–water partition coefficient (Wildman–Crippen LogP) is 5.32. The fourth-order valence-corrected chi connectivity index (χ4v) is 4.47. The molecule has 0 bridgehead atoms. The molecule has 1 N–H and O–H groups in total. The molecule has 0 unspecified atom stereocenters. The monoisotopic (exact) mass is 376 g/mol. The van der Waals surface area contributed by atoms with Crippen LogP contribution in [0.1, 0.15) is 28.8 Å². The van der Waals surface area contributed by atoms with Gasteiger partial charge in [-0.05, 0) is 48.9 Å². The number of aromatic nitrogens is 2. The van der Waals surface area contributed by atoms with E-state index in [0.717, 1.165) is 34.4 Å². The molecule has 0 saturated heterocycles. The van der Waals surface area contributed by atoms with E-state index in [-0.39, 0.29) is 0 Å². The second-order valence-electron chi connectivity index (χ2n) is 5.66. The molecule has 0 fully saturated rings. The van der Waals surface area contributed by atoms with Crippen molar-refractivity contribution >= 4 is 56.8 Å². The largest absolute Gasteiger partial charge is 0.261 e. The molecule has 0 amide bonds. The number of halogens is 2. The minimum atomic E-state index is 0.511. The van der Waals surface area contributed by atoms with Gasteiger partial charge in [0, 0.05) is 4.88 Å². The summed E-state index contributed by atoms with van der Waals surface area (Å²) < 4.78 is 0. The third kappa shape index (κ3) is 2.99. The lowest BCUT2D eigenvalue weighted by Gasteiger charge is -2.11. The second kappa shape index (κ2) is 6.67. The fourth-order valence-electron chi connectivity index (χ4n) is 2.94. The van der Waals surface area contributed by atoms with Crippen LogP contribution < -0.4 is 5.43 Å². The Labute approximate surface area is 153 Å². The van der Waals surface area contributed by atoms with E-state index in [2.05, 4.69) is 20.5 Å². The van der Waals surface area contributed by atoms with Crippen LogP contribution >= 0.6 is 34.5 Å². The first kappa shape index (κ1) is 15.8. The van der Waals surface area contributed by atoms with Gasteiger partial charge >= 0.3 is 0 Å². The molecule has 24 heavy (non-hydrogen) atoms. The Balaban J connectivity index is 1.63. The van der Waals surface area contributed by atoms with Crippen molar-refractivity contribution < 1.29 is 0 Å². The van der Waals surface area contributed by atoms with Crippen LogP contribution in [0.5, 0.6) is 0 Å². The van der Waals surface area contributed by atoms with Gasteiger partial charge in [0.1, 0.15) is 11.2 Å². The van der Waals surface area contributed by atoms with Crippen LogP contribution in [0.3, 0.4) is 0 Å². The Morgan fingerprint density at radius 2 is 2.00 bits per heavy atom. The number of nitrogens with one attached hydrogen (secondary N) is 1. The van der Waals surface area contributed by atoms with Gasteiger partial charge in [0.25, 0.3) is 0 Å². The summed E-state index contributed by atoms with van der Waals surface area (Å²) in [6.45, 7) is 0. The topological polar surface area (TPSA) is 50.2 Å². The van der Waals surface area contributed by atoms with E-state index < -0.39 is 0 Å². The Bertz CT molecular complexity index is 936. The number of rotatable bonds is 3. The maximum absolute atomic E-state index is 6.02. The SMILES string of the molecule is Clc1ccc(/C=N/Nc2ncnc3sc4c(c23)CCCC4)cc1Cl. The van der Waals surface area contributed by atoms with Crippen molar-refractivity contribution in [2.24, 2.45) is 5.10 Å². The van der Waals surface area contributed by atoms with E-state index in [9.17, 15) is 0 Å². The van der Waals surface area contributed by atoms with Crippen molar-refractivity contribution in [3.05, 3.63) is 50.6 Å². The molecule has 0 aliphatic heterocycles. The maximum atomic E-state index is 6.02. The molecule has 4 rings (SSSR count). The standard InChI is InChI=1S/C17H14Cl2N4S/c18-12-6-5-10(7-13(12)19)8-22-23-16-15-11-3-1-2-4-14(11)24-17(15)21-9-20-16/h5-9H,1-4H2,(H,20,21,23)/b22-8+. The molecule has 0 radical (unpaired) electrons. The fraction of sp³-hybridized carbons (Fsp3) is 0.235. The lowest BCUT2D eigenvalue weighted by Crippen LogP contribution is -2.00. The molecule has 2 aromatic heterocycles. The molecule has 0 saturated carbocycles. The van der Waals surface area contributed by atoms with Crippen molar-refractivity contribution in [3.63, 3.8) is 0 Å². The van der Waals surface area contributed by atoms with E-state index in [1.54, 1.807) is 36.0 Å². The van der Waals surface area contributed by atoms with Crippen LogP contribution in [-0.2, 0) is 12.8 Å². The number of hydrazone groups is 1. The van der Waals surface area contributed by atoms with Crippen molar-refractivity contribution in [2.45, 2.75) is 25.7 Å². The first-order valence-electron chi connectivity index (χ1n) is 7.72. The van der Waals surface area contributed by atoms with Gasteiger partial charge in [-0.25, -0.2) is 9.97 Å². The molecular weight excluding hydrogens is 363 g/mol. The molecule has 3 aromatic rings. The van der Waals surface area contributed by atoms with E-state index in [0.29, 0.717) is 10.0 Å². The Morgan fingerprint density at radius 3 is 2.88 bits per heavy atom. The smallest absolute Gasteiger partial charge is 0.158 e. The molecular formula is C17H14Cl2N4S. The van der Waals surface area contributed by atoms with Gasteiger partial charge in [-0.1, -0.05) is 29.3 Å². The van der Waals surface area contributed by atoms with Gasteiger partial charge in [0.15, 0.2) is 5.82 Å². The Morgan fingerprint density at radius 1 is 1.12 bits per heavy atom. The van der Waals surface area contributed by atoms with E-state index in [1.807, 2.05) is 6.07 Å². The van der Waals surface area contributed by atoms with Crippen LogP contribution in [0.4, 0.5) is 5.82 Å². The van der Waals surface area contributed by atoms with E-state index in [1.165, 1.54) is 23.3 Å². The summed E-state index contributed by atoms with van der Waals surface area (Å²) >= 11 is 13.7. The highest BCUT2D eigenvalue weighted by Gasteiger charge is 2.19. The second-order valence-corrected chi connectivity index (χ2v) is 7.55. The molecule has 122 valence electrons. The first-order chi connectivity index (χ1) is 11.7. The first-order valence-corrected chi connectivity index (χ1v) is 9.29. The molecule has 0 spiro atoms. The van der Waals surface area contributed by atoms with Gasteiger partial charge in [0.2, 0.25) is 0 Å². The average Bonchev–Trinajstić information content (AvgIpc) is 2.97. The van der Waals surface area contributed by atoms with Crippen molar-refractivity contribution in [2.75, 3.05) is 5.43 Å². The molecule has 0 atom stereocenters. The Kier molecular flexibility index (Phi) is 4.39. The van der Waals surface area contributed by atoms with Gasteiger partial charge in [0.05, 0.1) is 21.6 Å². The highest BCUT2D eigenvalue weighted by atomic mass is 35.5. The number of anilines is 1. The molecule has 2 heterocycles. The quantitative estimate of drug-likeness (QED) is 0.496. The highest BCUT2D eigenvalue weighted by molar-refractivity contribution is 7.19. The molecule has 1 aliphatic carbocycles. The minimum Gasteiger partial charge on any atom is -0.261 e. The van der Waals surface area contributed by atoms with Crippen LogP contribution in [-0.4, -0.2) is 16.2 Å². The zero-order chi connectivity index (χ0) is 16.5. The van der Waals surface area contributed by atoms with Crippen molar-refractivity contribution in [1.82, 2.24) is 9.97 Å². The number of fused-ring (bicyclic) bond motifs is 3. The summed E-state index contributed by atoms with van der Waals surface area (Å²) in [5.41, 5.74) is 5.31. The zero-order valence-electron chi connectivity index (χ0n) is 12.7. The number of aryl methyl sites for hydroxylation is 2. The van der Waals surface area contributed by atoms with E-state index in [4.69, 9.17) is 23.2 Å². The summed E-state index contributed by atoms with van der Waals surface area (Å²) in [7, 11) is 0. The van der Waals surface area contributed by atoms with Gasteiger partial charge in [-0.15, -0.1) is 11.3 Å². The third-order valence-corrected chi connectivity index (χ3v) is 6.02. The zero-order valence-corrected chi connectivity index (χ0v) is 15.0. The maximum Gasteiger partial charge on any atom is 0.158 e. The number of nitrogens with zero attached hydrogens (tertiary/aromatic N) is 3. The lowest BCUT2D eigenvalue weighted by molar-refractivity contribution is 0.700. The Hall–Kier alpha value is -1.69. The van der Waals surface area contributed by atoms with Gasteiger partial charge in [-0.2, -0.15) is 5.10 Å². The summed E-state index contributed by atoms with van der Waals surface area (Å²) in [5.74, 6) is 0.760. The van der Waals surface area contributed by atoms with Gasteiger partial charge in [-0.3, -0.25) is 5.43 Å². The molecule has 7 heteroatoms. The van der Waals surface area contributed by atoms with Gasteiger partial charge < -0.3 is 0 Å². The molecule has 4 nitrogen and oxygen atoms in total. The summed E-state index contributed by atoms with van der Waals surface area (Å²) in [4.78, 5) is 11.3. The molecule has 1 aliphatic rings. The highest BCUT2D eigenvalue weighted by Crippen LogP contribution is 2.38. The number of hydrogen-bond donors (Lipinski definition) is 1. The van der Waals surface area contributed by atoms with E-state index >= 15 is 0 Å². The number of benzene rings is 1. The predicted molar refractivity (Wildman–Crippen MR) is 102 cm³/mol. The molecule has 1 aromatic carbocycles. The third-order valence-electron chi connectivity index (χ3n) is 4.08. The van der Waals surface area contributed by atoms with Crippen LogP contribution in [0.25, 0.3) is 10.2 Å². The minimum absolute atomic E-state index is 0.511. The van der Waals surface area contributed by atoms with Crippen LogP contribution in [0, 0.1) is 0 Å². The summed E-state index contributed by atoms with van der Waals surface area (Å²) in [6.07, 6.45) is 8.00.